The highest BCUT2D eigenvalue weighted by molar-refractivity contribution is 7.89. The number of furan rings is 1. The van der Waals surface area contributed by atoms with Crippen molar-refractivity contribution in [2.24, 2.45) is 0 Å². The normalized spacial score (nSPS) is 19.2. The van der Waals surface area contributed by atoms with E-state index in [9.17, 15) is 13.2 Å². The molecule has 4 aromatic rings. The zero-order chi connectivity index (χ0) is 24.7. The Bertz CT molecular complexity index is 1500. The van der Waals surface area contributed by atoms with Gasteiger partial charge in [0.15, 0.2) is 0 Å². The molecule has 1 N–H and O–H groups in total. The molecule has 0 saturated carbocycles. The highest BCUT2D eigenvalue weighted by atomic mass is 32.2. The fourth-order valence-electron chi connectivity index (χ4n) is 4.47. The summed E-state index contributed by atoms with van der Waals surface area (Å²) in [7, 11) is -2.15. The zero-order valence-corrected chi connectivity index (χ0v) is 20.5. The Hall–Kier alpha value is -3.40. The smallest absolute Gasteiger partial charge is 0.255 e. The second-order valence-electron chi connectivity index (χ2n) is 8.70. The summed E-state index contributed by atoms with van der Waals surface area (Å²) in [6.07, 6.45) is -0.365. The van der Waals surface area contributed by atoms with Crippen molar-refractivity contribution in [2.45, 2.75) is 31.0 Å². The van der Waals surface area contributed by atoms with Crippen LogP contribution in [0.25, 0.3) is 21.9 Å². The summed E-state index contributed by atoms with van der Waals surface area (Å²) in [5, 5.41) is 4.69. The Morgan fingerprint density at radius 2 is 1.66 bits per heavy atom. The van der Waals surface area contributed by atoms with Crippen molar-refractivity contribution in [1.29, 1.82) is 0 Å². The van der Waals surface area contributed by atoms with Gasteiger partial charge >= 0.3 is 0 Å². The predicted molar refractivity (Wildman–Crippen MR) is 133 cm³/mol. The van der Waals surface area contributed by atoms with E-state index in [4.69, 9.17) is 13.9 Å². The van der Waals surface area contributed by atoms with Gasteiger partial charge < -0.3 is 19.2 Å². The maximum atomic E-state index is 13.1. The van der Waals surface area contributed by atoms with E-state index in [0.717, 1.165) is 16.4 Å². The van der Waals surface area contributed by atoms with Gasteiger partial charge in [-0.05, 0) is 50.2 Å². The SMILES string of the molecule is COc1cc2c(cc1NC(=O)c1ccc(S(=O)(=O)N3CC(C)OC(C)C3)cc1)oc1ccccc12. The molecule has 3 aromatic carbocycles. The molecule has 0 radical (unpaired) electrons. The Morgan fingerprint density at radius 3 is 2.34 bits per heavy atom. The summed E-state index contributed by atoms with van der Waals surface area (Å²) in [6.45, 7) is 4.28. The number of nitrogens with one attached hydrogen (secondary N) is 1. The molecule has 2 atom stereocenters. The number of hydrogen-bond donors (Lipinski definition) is 1. The molecular weight excluding hydrogens is 468 g/mol. The molecule has 1 aliphatic rings. The van der Waals surface area contributed by atoms with E-state index in [1.165, 1.54) is 35.7 Å². The topological polar surface area (TPSA) is 98.1 Å². The Morgan fingerprint density at radius 1 is 0.971 bits per heavy atom. The first kappa shape index (κ1) is 23.3. The predicted octanol–water partition coefficient (Wildman–Crippen LogP) is 4.64. The van der Waals surface area contributed by atoms with Gasteiger partial charge in [-0.25, -0.2) is 8.42 Å². The lowest BCUT2D eigenvalue weighted by atomic mass is 10.1. The van der Waals surface area contributed by atoms with Gasteiger partial charge in [-0.15, -0.1) is 0 Å². The third-order valence-corrected chi connectivity index (χ3v) is 7.93. The van der Waals surface area contributed by atoms with Crippen LogP contribution in [-0.2, 0) is 14.8 Å². The van der Waals surface area contributed by atoms with Gasteiger partial charge in [-0.2, -0.15) is 4.31 Å². The standard InChI is InChI=1S/C26H26N2O6S/c1-16-14-28(15-17(2)33-16)35(30,31)19-10-8-18(9-11-19)26(29)27-22-13-24-21(12-25(22)32-3)20-6-4-5-7-23(20)34-24/h4-13,16-17H,14-15H2,1-3H3,(H,27,29). The van der Waals surface area contributed by atoms with E-state index < -0.39 is 15.9 Å². The maximum Gasteiger partial charge on any atom is 0.255 e. The zero-order valence-electron chi connectivity index (χ0n) is 19.6. The Kier molecular flexibility index (Phi) is 6.00. The lowest BCUT2D eigenvalue weighted by molar-refractivity contribution is -0.0440. The molecule has 0 spiro atoms. The van der Waals surface area contributed by atoms with Gasteiger partial charge in [0, 0.05) is 35.5 Å². The van der Waals surface area contributed by atoms with Crippen molar-refractivity contribution in [3.05, 3.63) is 66.2 Å². The molecule has 182 valence electrons. The average Bonchev–Trinajstić information content (AvgIpc) is 3.20. The van der Waals surface area contributed by atoms with E-state index >= 15 is 0 Å². The number of rotatable bonds is 5. The van der Waals surface area contributed by atoms with Crippen LogP contribution < -0.4 is 10.1 Å². The van der Waals surface area contributed by atoms with Crippen LogP contribution in [0.5, 0.6) is 5.75 Å². The van der Waals surface area contributed by atoms with Crippen LogP contribution in [0.15, 0.2) is 70.0 Å². The molecule has 9 heteroatoms. The Labute approximate surface area is 203 Å². The maximum absolute atomic E-state index is 13.1. The number of morpholine rings is 1. The van der Waals surface area contributed by atoms with Gasteiger partial charge in [-0.3, -0.25) is 4.79 Å². The third-order valence-electron chi connectivity index (χ3n) is 6.09. The first-order chi connectivity index (χ1) is 16.8. The number of benzene rings is 3. The number of methoxy groups -OCH3 is 1. The van der Waals surface area contributed by atoms with E-state index in [-0.39, 0.29) is 17.1 Å². The average molecular weight is 495 g/mol. The largest absolute Gasteiger partial charge is 0.495 e. The highest BCUT2D eigenvalue weighted by Crippen LogP contribution is 2.36. The van der Waals surface area contributed by atoms with Crippen molar-refractivity contribution in [1.82, 2.24) is 4.31 Å². The van der Waals surface area contributed by atoms with Crippen molar-refractivity contribution in [3.8, 4) is 5.75 Å². The van der Waals surface area contributed by atoms with Crippen molar-refractivity contribution in [3.63, 3.8) is 0 Å². The molecule has 1 aromatic heterocycles. The molecule has 8 nitrogen and oxygen atoms in total. The quantitative estimate of drug-likeness (QED) is 0.434. The number of fused-ring (bicyclic) bond motifs is 3. The summed E-state index contributed by atoms with van der Waals surface area (Å²) in [4.78, 5) is 13.1. The molecule has 2 unspecified atom stereocenters. The minimum atomic E-state index is -3.69. The van der Waals surface area contributed by atoms with Crippen molar-refractivity contribution in [2.75, 3.05) is 25.5 Å². The second kappa shape index (κ2) is 8.99. The number of hydrogen-bond acceptors (Lipinski definition) is 6. The summed E-state index contributed by atoms with van der Waals surface area (Å²) < 4.78 is 44.6. The first-order valence-electron chi connectivity index (χ1n) is 11.3. The number of sulfonamides is 1. The van der Waals surface area contributed by atoms with E-state index in [1.807, 2.05) is 44.2 Å². The summed E-state index contributed by atoms with van der Waals surface area (Å²) in [6, 6.07) is 17.1. The van der Waals surface area contributed by atoms with Crippen LogP contribution in [0.3, 0.4) is 0 Å². The highest BCUT2D eigenvalue weighted by Gasteiger charge is 2.32. The van der Waals surface area contributed by atoms with Gasteiger partial charge in [0.2, 0.25) is 10.0 Å². The number of nitrogens with zero attached hydrogens (tertiary/aromatic N) is 1. The van der Waals surface area contributed by atoms with Crippen LogP contribution in [0.4, 0.5) is 5.69 Å². The number of carbonyl (C=O) groups excluding carboxylic acids is 1. The number of carbonyl (C=O) groups is 1. The number of amides is 1. The van der Waals surface area contributed by atoms with Crippen LogP contribution >= 0.6 is 0 Å². The van der Waals surface area contributed by atoms with Crippen molar-refractivity contribution < 1.29 is 27.1 Å². The summed E-state index contributed by atoms with van der Waals surface area (Å²) in [5.41, 5.74) is 2.14. The van der Waals surface area contributed by atoms with E-state index in [2.05, 4.69) is 5.32 Å². The van der Waals surface area contributed by atoms with Crippen LogP contribution in [-0.4, -0.2) is 51.0 Å². The monoisotopic (exact) mass is 494 g/mol. The molecule has 1 saturated heterocycles. The molecule has 0 bridgehead atoms. The molecule has 1 amide bonds. The van der Waals surface area contributed by atoms with E-state index in [1.54, 1.807) is 6.07 Å². The lowest BCUT2D eigenvalue weighted by Gasteiger charge is -2.34. The minimum Gasteiger partial charge on any atom is -0.495 e. The van der Waals surface area contributed by atoms with E-state index in [0.29, 0.717) is 35.7 Å². The molecule has 35 heavy (non-hydrogen) atoms. The molecule has 1 aliphatic heterocycles. The fraction of sp³-hybridized carbons (Fsp3) is 0.269. The molecular formula is C26H26N2O6S. The fourth-order valence-corrected chi connectivity index (χ4v) is 6.06. The van der Waals surface area contributed by atoms with Gasteiger partial charge in [0.1, 0.15) is 16.9 Å². The first-order valence-corrected chi connectivity index (χ1v) is 12.8. The Balaban J connectivity index is 1.39. The summed E-state index contributed by atoms with van der Waals surface area (Å²) >= 11 is 0. The van der Waals surface area contributed by atoms with Crippen LogP contribution in [0, 0.1) is 0 Å². The lowest BCUT2D eigenvalue weighted by Crippen LogP contribution is -2.48. The van der Waals surface area contributed by atoms with Crippen LogP contribution in [0.2, 0.25) is 0 Å². The minimum absolute atomic E-state index is 0.136. The molecule has 2 heterocycles. The van der Waals surface area contributed by atoms with Gasteiger partial charge in [0.05, 0.1) is 29.9 Å². The third kappa shape index (κ3) is 4.38. The molecule has 1 fully saturated rings. The summed E-state index contributed by atoms with van der Waals surface area (Å²) in [5.74, 6) is 0.100. The number of ether oxygens (including phenoxy) is 2. The second-order valence-corrected chi connectivity index (χ2v) is 10.6. The molecule has 0 aliphatic carbocycles. The van der Waals surface area contributed by atoms with Crippen molar-refractivity contribution >= 4 is 43.6 Å². The number of anilines is 1. The van der Waals surface area contributed by atoms with Crippen LogP contribution in [0.1, 0.15) is 24.2 Å². The van der Waals surface area contributed by atoms with Gasteiger partial charge in [0.25, 0.3) is 5.91 Å². The molecule has 5 rings (SSSR count). The number of para-hydroxylation sites is 1. The van der Waals surface area contributed by atoms with Gasteiger partial charge in [-0.1, -0.05) is 18.2 Å².